The predicted octanol–water partition coefficient (Wildman–Crippen LogP) is -0.481. The molecule has 0 radical (unpaired) electrons. The molecule has 0 bridgehead atoms. The maximum atomic E-state index is 11.2. The van der Waals surface area contributed by atoms with E-state index in [1.807, 2.05) is 0 Å². The lowest BCUT2D eigenvalue weighted by atomic mass is 9.99. The minimum Gasteiger partial charge on any atom is -0.456 e. The number of hydrogen-bond acceptors (Lipinski definition) is 8. The van der Waals surface area contributed by atoms with Gasteiger partial charge in [-0.15, -0.1) is 0 Å². The monoisotopic (exact) mass is 290 g/mol. The molecule has 1 saturated heterocycles. The molecule has 5 atom stereocenters. The van der Waals surface area contributed by atoms with E-state index < -0.39 is 48.6 Å². The average molecular weight is 290 g/mol. The van der Waals surface area contributed by atoms with Gasteiger partial charge in [-0.05, 0) is 6.92 Å². The fraction of sp³-hybridized carbons (Fsp3) is 0.750. The molecule has 1 heterocycles. The first-order chi connectivity index (χ1) is 9.22. The molecule has 20 heavy (non-hydrogen) atoms. The number of hydrogen-bond donors (Lipinski definition) is 1. The van der Waals surface area contributed by atoms with Crippen LogP contribution in [0.1, 0.15) is 27.7 Å². The van der Waals surface area contributed by atoms with Gasteiger partial charge in [0.2, 0.25) is 0 Å². The summed E-state index contributed by atoms with van der Waals surface area (Å²) < 4.78 is 20.1. The van der Waals surface area contributed by atoms with Gasteiger partial charge in [-0.2, -0.15) is 0 Å². The Morgan fingerprint density at radius 3 is 1.70 bits per heavy atom. The Balaban J connectivity index is 3.01. The number of carbonyl (C=O) groups is 3. The topological polar surface area (TPSA) is 108 Å². The lowest BCUT2D eigenvalue weighted by Crippen LogP contribution is -2.60. The molecule has 8 heteroatoms. The van der Waals surface area contributed by atoms with Crippen LogP contribution in [0, 0.1) is 0 Å². The predicted molar refractivity (Wildman–Crippen MR) is 63.2 cm³/mol. The summed E-state index contributed by atoms with van der Waals surface area (Å²) >= 11 is 0. The van der Waals surface area contributed by atoms with Crippen molar-refractivity contribution in [1.29, 1.82) is 0 Å². The Kier molecular flexibility index (Phi) is 5.46. The van der Waals surface area contributed by atoms with Gasteiger partial charge in [-0.1, -0.05) is 0 Å². The van der Waals surface area contributed by atoms with Crippen LogP contribution in [0.3, 0.4) is 0 Å². The molecule has 1 aliphatic heterocycles. The van der Waals surface area contributed by atoms with E-state index in [1.165, 1.54) is 13.8 Å². The maximum Gasteiger partial charge on any atom is 0.303 e. The van der Waals surface area contributed by atoms with Gasteiger partial charge in [0.25, 0.3) is 0 Å². The molecule has 1 aliphatic rings. The molecule has 0 amide bonds. The maximum absolute atomic E-state index is 11.2. The van der Waals surface area contributed by atoms with Gasteiger partial charge < -0.3 is 24.1 Å². The molecule has 0 aromatic rings. The molecule has 0 aliphatic carbocycles. The van der Waals surface area contributed by atoms with Crippen molar-refractivity contribution < 1.29 is 38.4 Å². The Bertz CT molecular complexity index is 365. The highest BCUT2D eigenvalue weighted by Gasteiger charge is 2.49. The van der Waals surface area contributed by atoms with E-state index in [9.17, 15) is 19.5 Å². The molecule has 1 rings (SSSR count). The molecule has 114 valence electrons. The minimum absolute atomic E-state index is 0.611. The largest absolute Gasteiger partial charge is 0.456 e. The molecule has 1 N–H and O–H groups in total. The van der Waals surface area contributed by atoms with E-state index in [2.05, 4.69) is 0 Å². The van der Waals surface area contributed by atoms with Crippen molar-refractivity contribution in [2.24, 2.45) is 0 Å². The lowest BCUT2D eigenvalue weighted by Gasteiger charge is -2.41. The van der Waals surface area contributed by atoms with E-state index in [4.69, 9.17) is 18.9 Å². The Morgan fingerprint density at radius 2 is 1.25 bits per heavy atom. The van der Waals surface area contributed by atoms with Crippen LogP contribution >= 0.6 is 0 Å². The van der Waals surface area contributed by atoms with E-state index in [0.29, 0.717) is 0 Å². The molecule has 0 spiro atoms. The zero-order valence-electron chi connectivity index (χ0n) is 11.7. The standard InChI is InChI=1S/C12H18O8/c1-5-9(18-6(2)13)10(19-7(3)14)11(12(16)17-5)20-8(4)15/h5,9-12,16H,1-4H3/t5?,9-,10?,11?,12?/m1/s1. The molecule has 0 saturated carbocycles. The number of ether oxygens (including phenoxy) is 4. The highest BCUT2D eigenvalue weighted by atomic mass is 16.7. The fourth-order valence-electron chi connectivity index (χ4n) is 1.99. The van der Waals surface area contributed by atoms with E-state index in [0.717, 1.165) is 13.8 Å². The van der Waals surface area contributed by atoms with Gasteiger partial charge in [0, 0.05) is 20.8 Å². The van der Waals surface area contributed by atoms with E-state index >= 15 is 0 Å². The first kappa shape index (κ1) is 16.4. The van der Waals surface area contributed by atoms with Crippen molar-refractivity contribution in [3.05, 3.63) is 0 Å². The fourth-order valence-corrected chi connectivity index (χ4v) is 1.99. The van der Waals surface area contributed by atoms with Crippen LogP contribution in [0.4, 0.5) is 0 Å². The van der Waals surface area contributed by atoms with Crippen LogP contribution in [0.2, 0.25) is 0 Å². The molecule has 0 aromatic carbocycles. The third kappa shape index (κ3) is 4.17. The van der Waals surface area contributed by atoms with Gasteiger partial charge in [0.1, 0.15) is 0 Å². The summed E-state index contributed by atoms with van der Waals surface area (Å²) in [5.41, 5.74) is 0. The summed E-state index contributed by atoms with van der Waals surface area (Å²) in [7, 11) is 0. The Morgan fingerprint density at radius 1 is 0.850 bits per heavy atom. The Hall–Kier alpha value is -1.67. The average Bonchev–Trinajstić information content (AvgIpc) is 2.27. The highest BCUT2D eigenvalue weighted by Crippen LogP contribution is 2.27. The van der Waals surface area contributed by atoms with E-state index in [1.54, 1.807) is 0 Å². The number of rotatable bonds is 3. The van der Waals surface area contributed by atoms with Crippen LogP contribution in [0.15, 0.2) is 0 Å². The molecular weight excluding hydrogens is 272 g/mol. The summed E-state index contributed by atoms with van der Waals surface area (Å²) in [6.45, 7) is 5.01. The number of aliphatic hydroxyl groups is 1. The van der Waals surface area contributed by atoms with Gasteiger partial charge in [0.05, 0.1) is 6.10 Å². The summed E-state index contributed by atoms with van der Waals surface area (Å²) in [6, 6.07) is 0. The molecular formula is C12H18O8. The number of esters is 3. The van der Waals surface area contributed by atoms with Gasteiger partial charge in [0.15, 0.2) is 24.6 Å². The zero-order valence-corrected chi connectivity index (χ0v) is 11.7. The van der Waals surface area contributed by atoms with Crippen LogP contribution in [0.5, 0.6) is 0 Å². The summed E-state index contributed by atoms with van der Waals surface area (Å²) in [6.07, 6.45) is -5.60. The molecule has 1 fully saturated rings. The SMILES string of the molecule is CC(=O)OC1C(O)OC(C)[C@@H](OC(C)=O)C1OC(C)=O. The van der Waals surface area contributed by atoms with E-state index in [-0.39, 0.29) is 0 Å². The second kappa shape index (κ2) is 6.67. The van der Waals surface area contributed by atoms with Crippen LogP contribution in [0.25, 0.3) is 0 Å². The molecule has 4 unspecified atom stereocenters. The highest BCUT2D eigenvalue weighted by molar-refractivity contribution is 5.68. The smallest absolute Gasteiger partial charge is 0.303 e. The van der Waals surface area contributed by atoms with Crippen molar-refractivity contribution in [1.82, 2.24) is 0 Å². The Labute approximate surface area is 115 Å². The minimum atomic E-state index is -1.48. The second-order valence-electron chi connectivity index (χ2n) is 4.45. The summed E-state index contributed by atoms with van der Waals surface area (Å²) in [4.78, 5) is 33.3. The van der Waals surface area contributed by atoms with Crippen LogP contribution in [-0.4, -0.2) is 53.7 Å². The number of aliphatic hydroxyl groups excluding tert-OH is 1. The van der Waals surface area contributed by atoms with Crippen molar-refractivity contribution in [2.45, 2.75) is 58.4 Å². The van der Waals surface area contributed by atoms with Crippen molar-refractivity contribution in [2.75, 3.05) is 0 Å². The van der Waals surface area contributed by atoms with Gasteiger partial charge in [-0.3, -0.25) is 14.4 Å². The summed E-state index contributed by atoms with van der Waals surface area (Å²) in [5, 5.41) is 9.79. The summed E-state index contributed by atoms with van der Waals surface area (Å²) in [5.74, 6) is -1.96. The van der Waals surface area contributed by atoms with Crippen molar-refractivity contribution in [3.63, 3.8) is 0 Å². The molecule has 8 nitrogen and oxygen atoms in total. The first-order valence-electron chi connectivity index (χ1n) is 6.07. The third-order valence-corrected chi connectivity index (χ3v) is 2.65. The van der Waals surface area contributed by atoms with Crippen molar-refractivity contribution >= 4 is 17.9 Å². The second-order valence-corrected chi connectivity index (χ2v) is 4.45. The third-order valence-electron chi connectivity index (χ3n) is 2.65. The first-order valence-corrected chi connectivity index (χ1v) is 6.07. The normalized spacial score (nSPS) is 33.1. The van der Waals surface area contributed by atoms with Crippen molar-refractivity contribution in [3.8, 4) is 0 Å². The lowest BCUT2D eigenvalue weighted by molar-refractivity contribution is -0.288. The van der Waals surface area contributed by atoms with Gasteiger partial charge >= 0.3 is 17.9 Å². The van der Waals surface area contributed by atoms with Gasteiger partial charge in [-0.25, -0.2) is 0 Å². The van der Waals surface area contributed by atoms with Crippen LogP contribution < -0.4 is 0 Å². The van der Waals surface area contributed by atoms with Crippen LogP contribution in [-0.2, 0) is 33.3 Å². The number of carbonyl (C=O) groups excluding carboxylic acids is 3. The zero-order chi connectivity index (χ0) is 15.4. The molecule has 0 aromatic heterocycles. The quantitative estimate of drug-likeness (QED) is 0.548.